The van der Waals surface area contributed by atoms with Gasteiger partial charge in [0.2, 0.25) is 0 Å². The fraction of sp³-hybridized carbons (Fsp3) is 0.286. The highest BCUT2D eigenvalue weighted by Crippen LogP contribution is 2.34. The molecule has 0 atom stereocenters. The van der Waals surface area contributed by atoms with E-state index >= 15 is 0 Å². The molecule has 0 fully saturated rings. The number of rotatable bonds is 4. The van der Waals surface area contributed by atoms with Crippen molar-refractivity contribution in [3.63, 3.8) is 0 Å². The van der Waals surface area contributed by atoms with Crippen LogP contribution in [-0.4, -0.2) is 41.8 Å². The highest BCUT2D eigenvalue weighted by molar-refractivity contribution is 7.18. The summed E-state index contributed by atoms with van der Waals surface area (Å²) in [6.07, 6.45) is 1.62. The minimum atomic E-state index is -0.648. The van der Waals surface area contributed by atoms with Crippen LogP contribution in [0.1, 0.15) is 36.1 Å². The van der Waals surface area contributed by atoms with Gasteiger partial charge in [0.25, 0.3) is 5.91 Å². The molecule has 0 radical (unpaired) electrons. The Balaban J connectivity index is 2.42. The second kappa shape index (κ2) is 6.61. The molecule has 2 aromatic rings. The Kier molecular flexibility index (Phi) is 4.80. The molecule has 0 aromatic carbocycles. The third-order valence-electron chi connectivity index (χ3n) is 3.08. The van der Waals surface area contributed by atoms with Gasteiger partial charge in [0.05, 0.1) is 19.8 Å². The number of hydrogen-bond acceptors (Lipinski definition) is 7. The lowest BCUT2D eigenvalue weighted by Crippen LogP contribution is -2.15. The second-order valence-electron chi connectivity index (χ2n) is 4.57. The summed E-state index contributed by atoms with van der Waals surface area (Å²) >= 11 is 0.950. The van der Waals surface area contributed by atoms with Crippen molar-refractivity contribution in [3.8, 4) is 0 Å². The van der Waals surface area contributed by atoms with Crippen molar-refractivity contribution < 1.29 is 23.9 Å². The van der Waals surface area contributed by atoms with E-state index in [0.29, 0.717) is 5.56 Å². The van der Waals surface area contributed by atoms with Crippen molar-refractivity contribution in [3.05, 3.63) is 34.0 Å². The molecule has 1 amide bonds. The zero-order valence-electron chi connectivity index (χ0n) is 13.0. The summed E-state index contributed by atoms with van der Waals surface area (Å²) in [4.78, 5) is 36.2. The van der Waals surface area contributed by atoms with Crippen molar-refractivity contribution >= 4 is 34.2 Å². The van der Waals surface area contributed by atoms with Gasteiger partial charge in [-0.15, -0.1) is 11.3 Å². The lowest BCUT2D eigenvalue weighted by molar-refractivity contribution is 0.0601. The Hall–Kier alpha value is -2.68. The quantitative estimate of drug-likeness (QED) is 0.851. The number of nitrogens with one attached hydrogen (secondary N) is 1. The van der Waals surface area contributed by atoms with E-state index in [1.54, 1.807) is 20.2 Å². The van der Waals surface area contributed by atoms with Crippen LogP contribution in [0.5, 0.6) is 0 Å². The van der Waals surface area contributed by atoms with Crippen LogP contribution < -0.4 is 5.32 Å². The highest BCUT2D eigenvalue weighted by atomic mass is 32.1. The Bertz CT molecular complexity index is 777. The van der Waals surface area contributed by atoms with Crippen LogP contribution >= 0.6 is 11.3 Å². The SMILES string of the molecule is COC(=O)c1sc(NC(=O)c2ccn(C)n2)c(C(=O)OC)c1C. The number of thiophene rings is 1. The van der Waals surface area contributed by atoms with E-state index < -0.39 is 17.8 Å². The molecule has 0 bridgehead atoms. The number of anilines is 1. The average Bonchev–Trinajstić information content (AvgIpc) is 3.10. The van der Waals surface area contributed by atoms with Gasteiger partial charge in [-0.2, -0.15) is 5.10 Å². The molecule has 122 valence electrons. The number of aryl methyl sites for hydroxylation is 1. The number of aromatic nitrogens is 2. The standard InChI is InChI=1S/C14H15N3O5S/c1-7-9(13(19)21-3)12(23-10(7)14(20)22-4)15-11(18)8-5-6-17(2)16-8/h5-6H,1-4H3,(H,15,18). The van der Waals surface area contributed by atoms with Gasteiger partial charge in [0.1, 0.15) is 9.88 Å². The molecule has 0 aliphatic carbocycles. The Morgan fingerprint density at radius 1 is 1.22 bits per heavy atom. The number of hydrogen-bond donors (Lipinski definition) is 1. The summed E-state index contributed by atoms with van der Waals surface area (Å²) in [5, 5.41) is 6.79. The molecule has 23 heavy (non-hydrogen) atoms. The molecular formula is C14H15N3O5S. The molecule has 8 nitrogen and oxygen atoms in total. The van der Waals surface area contributed by atoms with Crippen LogP contribution in [0.4, 0.5) is 5.00 Å². The van der Waals surface area contributed by atoms with Crippen LogP contribution in [0.2, 0.25) is 0 Å². The molecule has 2 rings (SSSR count). The first-order valence-corrected chi connectivity index (χ1v) is 7.31. The summed E-state index contributed by atoms with van der Waals surface area (Å²) in [7, 11) is 4.15. The molecule has 0 saturated carbocycles. The monoisotopic (exact) mass is 337 g/mol. The average molecular weight is 337 g/mol. The van der Waals surface area contributed by atoms with E-state index in [4.69, 9.17) is 4.74 Å². The molecule has 2 aromatic heterocycles. The zero-order valence-corrected chi connectivity index (χ0v) is 13.8. The van der Waals surface area contributed by atoms with E-state index in [9.17, 15) is 14.4 Å². The molecular weight excluding hydrogens is 322 g/mol. The predicted molar refractivity (Wildman–Crippen MR) is 82.9 cm³/mol. The first-order chi connectivity index (χ1) is 10.9. The Morgan fingerprint density at radius 2 is 1.87 bits per heavy atom. The van der Waals surface area contributed by atoms with Crippen LogP contribution in [0, 0.1) is 6.92 Å². The third-order valence-corrected chi connectivity index (χ3v) is 4.27. The molecule has 0 aliphatic heterocycles. The summed E-state index contributed by atoms with van der Waals surface area (Å²) in [5.41, 5.74) is 0.709. The fourth-order valence-corrected chi connectivity index (χ4v) is 3.05. The molecule has 1 N–H and O–H groups in total. The Labute approximate surface area is 136 Å². The van der Waals surface area contributed by atoms with Crippen molar-refractivity contribution in [1.82, 2.24) is 9.78 Å². The van der Waals surface area contributed by atoms with Crippen LogP contribution in [0.3, 0.4) is 0 Å². The maximum atomic E-state index is 12.2. The Morgan fingerprint density at radius 3 is 2.39 bits per heavy atom. The lowest BCUT2D eigenvalue weighted by atomic mass is 10.1. The predicted octanol–water partition coefficient (Wildman–Crippen LogP) is 1.62. The lowest BCUT2D eigenvalue weighted by Gasteiger charge is -2.04. The first-order valence-electron chi connectivity index (χ1n) is 6.50. The smallest absolute Gasteiger partial charge is 0.348 e. The van der Waals surface area contributed by atoms with Crippen LogP contribution in [0.25, 0.3) is 0 Å². The van der Waals surface area contributed by atoms with E-state index in [1.165, 1.54) is 25.0 Å². The summed E-state index contributed by atoms with van der Waals surface area (Å²) in [6, 6.07) is 1.54. The van der Waals surface area contributed by atoms with Gasteiger partial charge < -0.3 is 14.8 Å². The minimum absolute atomic E-state index is 0.127. The molecule has 0 unspecified atom stereocenters. The van der Waals surface area contributed by atoms with Crippen LogP contribution in [-0.2, 0) is 16.5 Å². The second-order valence-corrected chi connectivity index (χ2v) is 5.59. The topological polar surface area (TPSA) is 99.5 Å². The molecule has 0 aliphatic rings. The molecule has 0 saturated heterocycles. The van der Waals surface area contributed by atoms with Gasteiger partial charge in [-0.05, 0) is 18.6 Å². The molecule has 2 heterocycles. The zero-order chi connectivity index (χ0) is 17.1. The number of ether oxygens (including phenoxy) is 2. The van der Waals surface area contributed by atoms with Crippen molar-refractivity contribution in [1.29, 1.82) is 0 Å². The first kappa shape index (κ1) is 16.7. The summed E-state index contributed by atoms with van der Waals surface area (Å²) in [5.74, 6) is -1.73. The van der Waals surface area contributed by atoms with E-state index in [1.807, 2.05) is 0 Å². The van der Waals surface area contributed by atoms with Crippen molar-refractivity contribution in [2.75, 3.05) is 19.5 Å². The number of carbonyl (C=O) groups excluding carboxylic acids is 3. The number of nitrogens with zero attached hydrogens (tertiary/aromatic N) is 2. The third kappa shape index (κ3) is 3.24. The summed E-state index contributed by atoms with van der Waals surface area (Å²) < 4.78 is 10.9. The van der Waals surface area contributed by atoms with Gasteiger partial charge in [0, 0.05) is 13.2 Å². The van der Waals surface area contributed by atoms with E-state index in [2.05, 4.69) is 15.2 Å². The maximum Gasteiger partial charge on any atom is 0.348 e. The molecule has 9 heteroatoms. The number of carbonyl (C=O) groups is 3. The van der Waals surface area contributed by atoms with Crippen molar-refractivity contribution in [2.24, 2.45) is 7.05 Å². The normalized spacial score (nSPS) is 10.3. The maximum absolute atomic E-state index is 12.2. The van der Waals surface area contributed by atoms with E-state index in [0.717, 1.165) is 11.3 Å². The van der Waals surface area contributed by atoms with Crippen molar-refractivity contribution in [2.45, 2.75) is 6.92 Å². The minimum Gasteiger partial charge on any atom is -0.465 e. The highest BCUT2D eigenvalue weighted by Gasteiger charge is 2.27. The van der Waals surface area contributed by atoms with Gasteiger partial charge >= 0.3 is 11.9 Å². The fourth-order valence-electron chi connectivity index (χ4n) is 1.94. The number of amides is 1. The molecule has 0 spiro atoms. The number of esters is 2. The van der Waals surface area contributed by atoms with Gasteiger partial charge in [0.15, 0.2) is 5.69 Å². The van der Waals surface area contributed by atoms with Gasteiger partial charge in [-0.3, -0.25) is 9.48 Å². The van der Waals surface area contributed by atoms with Gasteiger partial charge in [-0.25, -0.2) is 9.59 Å². The largest absolute Gasteiger partial charge is 0.465 e. The number of methoxy groups -OCH3 is 2. The van der Waals surface area contributed by atoms with E-state index in [-0.39, 0.29) is 21.1 Å². The van der Waals surface area contributed by atoms with Gasteiger partial charge in [-0.1, -0.05) is 0 Å². The summed E-state index contributed by atoms with van der Waals surface area (Å²) in [6.45, 7) is 1.59. The van der Waals surface area contributed by atoms with Crippen LogP contribution in [0.15, 0.2) is 12.3 Å².